The molecule has 42 heavy (non-hydrogen) atoms. The molecule has 0 aliphatic rings. The molecular formula is C35H60O7. The van der Waals surface area contributed by atoms with Crippen molar-refractivity contribution in [2.75, 3.05) is 13.2 Å². The number of unbranched alkanes of at least 4 members (excludes halogenated alkanes) is 8. The van der Waals surface area contributed by atoms with E-state index in [0.717, 1.165) is 44.9 Å². The van der Waals surface area contributed by atoms with Gasteiger partial charge in [0.2, 0.25) is 0 Å². The van der Waals surface area contributed by atoms with Crippen molar-refractivity contribution in [2.24, 2.45) is 0 Å². The Morgan fingerprint density at radius 3 is 1.55 bits per heavy atom. The quantitative estimate of drug-likeness (QED) is 0.0491. The molecule has 0 aliphatic carbocycles. The second-order valence-corrected chi connectivity index (χ2v) is 10.9. The van der Waals surface area contributed by atoms with E-state index in [1.54, 1.807) is 0 Å². The Bertz CT molecular complexity index is 756. The van der Waals surface area contributed by atoms with Crippen LogP contribution in [0.25, 0.3) is 0 Å². The van der Waals surface area contributed by atoms with Crippen LogP contribution in [0.3, 0.4) is 0 Å². The van der Waals surface area contributed by atoms with Crippen LogP contribution >= 0.6 is 0 Å². The molecule has 0 radical (unpaired) electrons. The van der Waals surface area contributed by atoms with Crippen molar-refractivity contribution in [1.82, 2.24) is 0 Å². The molecule has 0 amide bonds. The summed E-state index contributed by atoms with van der Waals surface area (Å²) in [5.41, 5.74) is 0. The molecule has 0 saturated carbocycles. The minimum Gasteiger partial charge on any atom is -0.463 e. The average Bonchev–Trinajstić information content (AvgIpc) is 2.98. The third-order valence-corrected chi connectivity index (χ3v) is 6.78. The maximum atomic E-state index is 11.9. The van der Waals surface area contributed by atoms with Crippen molar-refractivity contribution in [2.45, 2.75) is 148 Å². The van der Waals surface area contributed by atoms with E-state index in [9.17, 15) is 24.9 Å². The van der Waals surface area contributed by atoms with E-state index >= 15 is 0 Å². The number of hydrogen-bond donors (Lipinski definition) is 3. The first-order valence-electron chi connectivity index (χ1n) is 16.4. The van der Waals surface area contributed by atoms with E-state index in [2.05, 4.69) is 50.3 Å². The smallest absolute Gasteiger partial charge is 0.305 e. The normalized spacial score (nSPS) is 14.3. The standard InChI is InChI=1S/C35H60O7/c1-3-5-7-9-11-13-14-15-17-18-20-22-25-32(37)33(38)26-24-28-35(40)42-30-31(36)29-41-34(39)27-23-21-19-16-12-10-8-6-4-2/h5,7,11,13,15,17,20,22,31-33,36-38H,3-4,6,8-10,12,14,16,18-19,21,23-30H2,1-2H3/b7-5-,13-11-,17-15-,22-20-/t31-,32+,33+/m1/s1. The van der Waals surface area contributed by atoms with Gasteiger partial charge >= 0.3 is 11.9 Å². The van der Waals surface area contributed by atoms with Crippen LogP contribution < -0.4 is 0 Å². The lowest BCUT2D eigenvalue weighted by atomic mass is 10.0. The topological polar surface area (TPSA) is 113 Å². The number of esters is 2. The predicted octanol–water partition coefficient (Wildman–Crippen LogP) is 7.44. The summed E-state index contributed by atoms with van der Waals surface area (Å²) in [4.78, 5) is 23.8. The Hall–Kier alpha value is -2.22. The number of carbonyl (C=O) groups excluding carboxylic acids is 2. The second-order valence-electron chi connectivity index (χ2n) is 10.9. The summed E-state index contributed by atoms with van der Waals surface area (Å²) in [6, 6.07) is 0. The fourth-order valence-electron chi connectivity index (χ4n) is 4.17. The lowest BCUT2D eigenvalue weighted by Crippen LogP contribution is -2.26. The van der Waals surface area contributed by atoms with Crippen LogP contribution in [0.4, 0.5) is 0 Å². The Morgan fingerprint density at radius 1 is 0.571 bits per heavy atom. The number of rotatable bonds is 28. The van der Waals surface area contributed by atoms with Crippen molar-refractivity contribution in [3.05, 3.63) is 48.6 Å². The van der Waals surface area contributed by atoms with Crippen molar-refractivity contribution < 1.29 is 34.4 Å². The van der Waals surface area contributed by atoms with E-state index in [1.807, 2.05) is 12.2 Å². The Morgan fingerprint density at radius 2 is 1.02 bits per heavy atom. The van der Waals surface area contributed by atoms with Gasteiger partial charge in [0.25, 0.3) is 0 Å². The Balaban J connectivity index is 3.78. The van der Waals surface area contributed by atoms with Gasteiger partial charge in [-0.05, 0) is 51.4 Å². The number of allylic oxidation sites excluding steroid dienone is 7. The molecule has 0 rings (SSSR count). The van der Waals surface area contributed by atoms with Gasteiger partial charge in [-0.3, -0.25) is 9.59 Å². The van der Waals surface area contributed by atoms with Crippen LogP contribution in [-0.2, 0) is 19.1 Å². The van der Waals surface area contributed by atoms with Crippen LogP contribution in [0.15, 0.2) is 48.6 Å². The third-order valence-electron chi connectivity index (χ3n) is 6.78. The zero-order valence-corrected chi connectivity index (χ0v) is 26.5. The summed E-state index contributed by atoms with van der Waals surface area (Å²) in [5, 5.41) is 30.2. The number of hydrogen-bond acceptors (Lipinski definition) is 7. The van der Waals surface area contributed by atoms with E-state index in [0.29, 0.717) is 19.3 Å². The van der Waals surface area contributed by atoms with Gasteiger partial charge in [0.05, 0.1) is 12.2 Å². The van der Waals surface area contributed by atoms with Crippen LogP contribution in [0.5, 0.6) is 0 Å². The summed E-state index contributed by atoms with van der Waals surface area (Å²) in [6.07, 6.45) is 29.2. The summed E-state index contributed by atoms with van der Waals surface area (Å²) >= 11 is 0. The highest BCUT2D eigenvalue weighted by molar-refractivity contribution is 5.69. The maximum absolute atomic E-state index is 11.9. The minimum absolute atomic E-state index is 0.0683. The van der Waals surface area contributed by atoms with Crippen LogP contribution in [0.2, 0.25) is 0 Å². The summed E-state index contributed by atoms with van der Waals surface area (Å²) in [7, 11) is 0. The van der Waals surface area contributed by atoms with Gasteiger partial charge in [-0.15, -0.1) is 0 Å². The first-order chi connectivity index (χ1) is 20.4. The lowest BCUT2D eigenvalue weighted by molar-refractivity contribution is -0.152. The molecule has 0 aromatic heterocycles. The Labute approximate surface area is 255 Å². The zero-order valence-electron chi connectivity index (χ0n) is 26.5. The molecule has 0 fully saturated rings. The molecule has 0 aliphatic heterocycles. The highest BCUT2D eigenvalue weighted by Gasteiger charge is 2.16. The van der Waals surface area contributed by atoms with Crippen molar-refractivity contribution in [1.29, 1.82) is 0 Å². The average molecular weight is 593 g/mol. The van der Waals surface area contributed by atoms with E-state index in [4.69, 9.17) is 9.47 Å². The molecule has 3 N–H and O–H groups in total. The zero-order chi connectivity index (χ0) is 31.1. The number of aliphatic hydroxyl groups excluding tert-OH is 3. The lowest BCUT2D eigenvalue weighted by Gasteiger charge is -2.16. The van der Waals surface area contributed by atoms with Gasteiger partial charge in [0, 0.05) is 12.8 Å². The molecular weight excluding hydrogens is 532 g/mol. The Kier molecular flexibility index (Phi) is 28.6. The largest absolute Gasteiger partial charge is 0.463 e. The third kappa shape index (κ3) is 27.9. The van der Waals surface area contributed by atoms with Crippen LogP contribution in [-0.4, -0.2) is 58.8 Å². The minimum atomic E-state index is -1.07. The number of ether oxygens (including phenoxy) is 2. The number of carbonyl (C=O) groups is 2. The molecule has 0 spiro atoms. The predicted molar refractivity (Wildman–Crippen MR) is 171 cm³/mol. The van der Waals surface area contributed by atoms with Gasteiger partial charge in [-0.1, -0.05) is 114 Å². The van der Waals surface area contributed by atoms with Crippen molar-refractivity contribution >= 4 is 11.9 Å². The monoisotopic (exact) mass is 592 g/mol. The molecule has 0 unspecified atom stereocenters. The summed E-state index contributed by atoms with van der Waals surface area (Å²) in [5.74, 6) is -0.850. The van der Waals surface area contributed by atoms with Gasteiger partial charge < -0.3 is 24.8 Å². The maximum Gasteiger partial charge on any atom is 0.305 e. The molecule has 0 saturated heterocycles. The van der Waals surface area contributed by atoms with Crippen LogP contribution in [0, 0.1) is 0 Å². The van der Waals surface area contributed by atoms with Gasteiger partial charge in [-0.2, -0.15) is 0 Å². The fraction of sp³-hybridized carbons (Fsp3) is 0.714. The van der Waals surface area contributed by atoms with E-state index < -0.39 is 24.3 Å². The van der Waals surface area contributed by atoms with Gasteiger partial charge in [0.1, 0.15) is 19.3 Å². The van der Waals surface area contributed by atoms with E-state index in [1.165, 1.54) is 38.5 Å². The number of aliphatic hydroxyl groups is 3. The first-order valence-corrected chi connectivity index (χ1v) is 16.4. The molecule has 7 nitrogen and oxygen atoms in total. The summed E-state index contributed by atoms with van der Waals surface area (Å²) in [6.45, 7) is 3.88. The highest BCUT2D eigenvalue weighted by atomic mass is 16.6. The van der Waals surface area contributed by atoms with Gasteiger partial charge in [-0.25, -0.2) is 0 Å². The molecule has 242 valence electrons. The summed E-state index contributed by atoms with van der Waals surface area (Å²) < 4.78 is 10.1. The fourth-order valence-corrected chi connectivity index (χ4v) is 4.17. The first kappa shape index (κ1) is 39.8. The molecule has 3 atom stereocenters. The molecule has 0 aromatic rings. The molecule has 0 heterocycles. The molecule has 0 bridgehead atoms. The molecule has 0 aromatic carbocycles. The SMILES string of the molecule is CC/C=C\C/C=C\C/C=C\C/C=C\C[C@H](O)[C@@H](O)CCCC(=O)OC[C@H](O)COC(=O)CCCCCCCCCCC. The van der Waals surface area contributed by atoms with Crippen LogP contribution in [0.1, 0.15) is 129 Å². The second kappa shape index (κ2) is 30.2. The highest BCUT2D eigenvalue weighted by Crippen LogP contribution is 2.12. The van der Waals surface area contributed by atoms with Crippen molar-refractivity contribution in [3.8, 4) is 0 Å². The van der Waals surface area contributed by atoms with E-state index in [-0.39, 0.29) is 32.0 Å². The van der Waals surface area contributed by atoms with Gasteiger partial charge in [0.15, 0.2) is 0 Å². The van der Waals surface area contributed by atoms with Crippen molar-refractivity contribution in [3.63, 3.8) is 0 Å². The molecule has 7 heteroatoms.